The fourth-order valence-corrected chi connectivity index (χ4v) is 3.21. The number of allylic oxidation sites excluding steroid dienone is 1. The maximum absolute atomic E-state index is 9.78. The molecule has 0 fully saturated rings. The Labute approximate surface area is 80.6 Å². The Bertz CT molecular complexity index is 220. The normalized spacial score (nSPS) is 10.4. The van der Waals surface area contributed by atoms with E-state index in [-0.39, 0.29) is 0 Å². The first-order chi connectivity index (χ1) is 5.98. The van der Waals surface area contributed by atoms with Crippen molar-refractivity contribution >= 4 is 14.4 Å². The first kappa shape index (κ1) is 12.1. The summed E-state index contributed by atoms with van der Waals surface area (Å²) in [5, 5.41) is 0. The summed E-state index contributed by atoms with van der Waals surface area (Å²) in [5.74, 6) is 0.774. The second-order valence-electron chi connectivity index (χ2n) is 3.64. The fourth-order valence-electron chi connectivity index (χ4n) is 1.15. The van der Waals surface area contributed by atoms with Crippen molar-refractivity contribution in [2.24, 2.45) is 4.99 Å². The van der Waals surface area contributed by atoms with Crippen LogP contribution in [0.4, 0.5) is 0 Å². The van der Waals surface area contributed by atoms with Crippen molar-refractivity contribution in [2.75, 3.05) is 6.54 Å². The number of isocyanates is 1. The number of rotatable bonds is 6. The summed E-state index contributed by atoms with van der Waals surface area (Å²) in [6, 6.07) is 0.991. The average molecular weight is 199 g/mol. The molecule has 0 unspecified atom stereocenters. The molecule has 0 aromatic carbocycles. The monoisotopic (exact) mass is 199 g/mol. The summed E-state index contributed by atoms with van der Waals surface area (Å²) >= 11 is 0. The molecule has 0 N–H and O–H groups in total. The molecule has 0 bridgehead atoms. The van der Waals surface area contributed by atoms with Crippen molar-refractivity contribution in [2.45, 2.75) is 32.5 Å². The second-order valence-corrected chi connectivity index (χ2v) is 7.86. The predicted molar refractivity (Wildman–Crippen MR) is 55.8 cm³/mol. The van der Waals surface area contributed by atoms with Gasteiger partial charge in [-0.25, -0.2) is 9.79 Å². The lowest BCUT2D eigenvalue weighted by atomic mass is 10.5. The molecule has 0 amide bonds. The van der Waals surface area contributed by atoms with Gasteiger partial charge < -0.3 is 4.43 Å². The van der Waals surface area contributed by atoms with Gasteiger partial charge in [0.15, 0.2) is 0 Å². The van der Waals surface area contributed by atoms with Gasteiger partial charge in [-0.3, -0.25) is 0 Å². The third kappa shape index (κ3) is 7.50. The molecule has 0 rings (SSSR count). The largest absolute Gasteiger partial charge is 0.548 e. The lowest BCUT2D eigenvalue weighted by Crippen LogP contribution is -2.29. The minimum atomic E-state index is -1.61. The van der Waals surface area contributed by atoms with E-state index in [1.807, 2.05) is 6.92 Å². The van der Waals surface area contributed by atoms with Gasteiger partial charge >= 0.3 is 0 Å². The van der Waals surface area contributed by atoms with Crippen LogP contribution in [0.25, 0.3) is 0 Å². The first-order valence-corrected chi connectivity index (χ1v) is 7.47. The standard InChI is InChI=1S/C9H17NO2Si/c1-9(2)12-13(3,4)7-5-6-10-8-11/h1,5-7H2,2-4H3. The van der Waals surface area contributed by atoms with Gasteiger partial charge in [-0.15, -0.1) is 0 Å². The topological polar surface area (TPSA) is 38.7 Å². The molecule has 0 saturated carbocycles. The van der Waals surface area contributed by atoms with Crippen LogP contribution in [0.5, 0.6) is 0 Å². The Morgan fingerprint density at radius 3 is 2.69 bits per heavy atom. The van der Waals surface area contributed by atoms with Gasteiger partial charge in [0.25, 0.3) is 0 Å². The van der Waals surface area contributed by atoms with Crippen LogP contribution in [0.2, 0.25) is 19.1 Å². The van der Waals surface area contributed by atoms with E-state index in [2.05, 4.69) is 24.7 Å². The molecule has 0 aromatic heterocycles. The lowest BCUT2D eigenvalue weighted by molar-refractivity contribution is 0.418. The molecule has 0 aromatic rings. The van der Waals surface area contributed by atoms with Gasteiger partial charge in [-0.1, -0.05) is 6.58 Å². The third-order valence-electron chi connectivity index (χ3n) is 1.56. The van der Waals surface area contributed by atoms with Gasteiger partial charge in [-0.05, 0) is 32.5 Å². The Morgan fingerprint density at radius 1 is 1.62 bits per heavy atom. The molecule has 0 heterocycles. The van der Waals surface area contributed by atoms with Crippen molar-refractivity contribution in [1.29, 1.82) is 0 Å². The van der Waals surface area contributed by atoms with E-state index in [4.69, 9.17) is 4.43 Å². The zero-order valence-electron chi connectivity index (χ0n) is 8.59. The Kier molecular flexibility index (Phi) is 5.35. The molecule has 13 heavy (non-hydrogen) atoms. The van der Waals surface area contributed by atoms with Gasteiger partial charge in [0.05, 0.1) is 12.3 Å². The summed E-state index contributed by atoms with van der Waals surface area (Å²) in [6.07, 6.45) is 2.42. The molecule has 74 valence electrons. The van der Waals surface area contributed by atoms with Crippen molar-refractivity contribution in [1.82, 2.24) is 0 Å². The highest BCUT2D eigenvalue weighted by Crippen LogP contribution is 2.16. The van der Waals surface area contributed by atoms with E-state index in [1.165, 1.54) is 6.08 Å². The van der Waals surface area contributed by atoms with Gasteiger partial charge in [-0.2, -0.15) is 0 Å². The molecule has 0 aliphatic heterocycles. The van der Waals surface area contributed by atoms with Crippen LogP contribution >= 0.6 is 0 Å². The maximum Gasteiger partial charge on any atom is 0.244 e. The van der Waals surface area contributed by atoms with E-state index >= 15 is 0 Å². The highest BCUT2D eigenvalue weighted by molar-refractivity contribution is 6.71. The molecule has 0 atom stereocenters. The van der Waals surface area contributed by atoms with Crippen LogP contribution in [0.15, 0.2) is 17.3 Å². The molecule has 3 nitrogen and oxygen atoms in total. The van der Waals surface area contributed by atoms with Crippen molar-refractivity contribution in [3.8, 4) is 0 Å². The second kappa shape index (κ2) is 5.73. The van der Waals surface area contributed by atoms with E-state index in [9.17, 15) is 4.79 Å². The van der Waals surface area contributed by atoms with Crippen LogP contribution in [0.1, 0.15) is 13.3 Å². The molecule has 0 spiro atoms. The van der Waals surface area contributed by atoms with Crippen molar-refractivity contribution < 1.29 is 9.22 Å². The van der Waals surface area contributed by atoms with Gasteiger partial charge in [0.1, 0.15) is 0 Å². The highest BCUT2D eigenvalue weighted by Gasteiger charge is 2.22. The molecule has 0 aliphatic rings. The van der Waals surface area contributed by atoms with E-state index in [0.29, 0.717) is 6.54 Å². The quantitative estimate of drug-likeness (QED) is 0.217. The zero-order valence-corrected chi connectivity index (χ0v) is 9.59. The number of nitrogens with zero attached hydrogens (tertiary/aromatic N) is 1. The lowest BCUT2D eigenvalue weighted by Gasteiger charge is -2.23. The van der Waals surface area contributed by atoms with Gasteiger partial charge in [0.2, 0.25) is 14.4 Å². The van der Waals surface area contributed by atoms with Crippen LogP contribution in [-0.4, -0.2) is 20.9 Å². The minimum Gasteiger partial charge on any atom is -0.548 e. The molecular formula is C9H17NO2Si. The van der Waals surface area contributed by atoms with Crippen LogP contribution in [0.3, 0.4) is 0 Å². The van der Waals surface area contributed by atoms with E-state index in [1.54, 1.807) is 0 Å². The van der Waals surface area contributed by atoms with E-state index < -0.39 is 8.32 Å². The maximum atomic E-state index is 9.78. The highest BCUT2D eigenvalue weighted by atomic mass is 28.4. The van der Waals surface area contributed by atoms with Crippen LogP contribution in [-0.2, 0) is 9.22 Å². The number of carbonyl (C=O) groups excluding carboxylic acids is 1. The summed E-state index contributed by atoms with van der Waals surface area (Å²) in [7, 11) is -1.61. The Hall–Kier alpha value is -0.863. The zero-order chi connectivity index (χ0) is 10.3. The van der Waals surface area contributed by atoms with Crippen LogP contribution in [0, 0.1) is 0 Å². The number of hydrogen-bond acceptors (Lipinski definition) is 3. The number of hydrogen-bond donors (Lipinski definition) is 0. The molecular weight excluding hydrogens is 182 g/mol. The molecule has 0 radical (unpaired) electrons. The van der Waals surface area contributed by atoms with E-state index in [0.717, 1.165) is 18.2 Å². The summed E-state index contributed by atoms with van der Waals surface area (Å²) < 4.78 is 5.62. The van der Waals surface area contributed by atoms with Gasteiger partial charge in [0, 0.05) is 0 Å². The average Bonchev–Trinajstić information content (AvgIpc) is 1.95. The molecule has 0 aliphatic carbocycles. The third-order valence-corrected chi connectivity index (χ3v) is 4.02. The first-order valence-electron chi connectivity index (χ1n) is 4.36. The summed E-state index contributed by atoms with van der Waals surface area (Å²) in [5.41, 5.74) is 0. The minimum absolute atomic E-state index is 0.555. The summed E-state index contributed by atoms with van der Waals surface area (Å²) in [4.78, 5) is 13.3. The Balaban J connectivity index is 3.74. The molecule has 4 heteroatoms. The fraction of sp³-hybridized carbons (Fsp3) is 0.667. The number of aliphatic imine (C=N–C) groups is 1. The van der Waals surface area contributed by atoms with Crippen LogP contribution < -0.4 is 0 Å². The Morgan fingerprint density at radius 2 is 2.23 bits per heavy atom. The van der Waals surface area contributed by atoms with Crippen molar-refractivity contribution in [3.63, 3.8) is 0 Å². The predicted octanol–water partition coefficient (Wildman–Crippen LogP) is 2.47. The van der Waals surface area contributed by atoms with Crippen molar-refractivity contribution in [3.05, 3.63) is 12.3 Å². The smallest absolute Gasteiger partial charge is 0.244 e. The SMILES string of the molecule is C=C(C)O[Si](C)(C)CCCN=C=O. The summed E-state index contributed by atoms with van der Waals surface area (Å²) in [6.45, 7) is 10.4. The molecule has 0 saturated heterocycles.